The third-order valence-corrected chi connectivity index (χ3v) is 1.51. The Labute approximate surface area is 86.8 Å². The van der Waals surface area contributed by atoms with Crippen molar-refractivity contribution >= 4 is 6.98 Å². The Bertz CT molecular complexity index is 327. The normalized spacial score (nSPS) is 10.1. The maximum atomic E-state index is 10.9. The summed E-state index contributed by atoms with van der Waals surface area (Å²) < 4.78 is 36.8. The first-order chi connectivity index (χ1) is 6.89. The van der Waals surface area contributed by atoms with Gasteiger partial charge in [0.15, 0.2) is 0 Å². The van der Waals surface area contributed by atoms with Crippen molar-refractivity contribution < 1.29 is 17.5 Å². The number of imidazole rings is 1. The first kappa shape index (κ1) is 13.6. The van der Waals surface area contributed by atoms with Gasteiger partial charge in [0.05, 0.1) is 13.6 Å². The zero-order valence-corrected chi connectivity index (χ0v) is 8.70. The van der Waals surface area contributed by atoms with Crippen LogP contribution >= 0.6 is 0 Å². The van der Waals surface area contributed by atoms with Gasteiger partial charge in [-0.25, -0.2) is 14.4 Å². The lowest BCUT2D eigenvalue weighted by Crippen LogP contribution is -2.23. The highest BCUT2D eigenvalue weighted by molar-refractivity contribution is 6.59. The van der Waals surface area contributed by atoms with Crippen LogP contribution in [0.3, 0.4) is 0 Å². The van der Waals surface area contributed by atoms with Crippen molar-refractivity contribution in [1.82, 2.24) is 4.57 Å². The van der Waals surface area contributed by atoms with Crippen molar-refractivity contribution in [1.29, 1.82) is 5.26 Å². The van der Waals surface area contributed by atoms with Gasteiger partial charge in [-0.05, 0) is 6.92 Å². The first-order valence-corrected chi connectivity index (χ1v) is 4.48. The van der Waals surface area contributed by atoms with Gasteiger partial charge >= 0.3 is 6.98 Å². The Kier molecular flexibility index (Phi) is 5.53. The van der Waals surface area contributed by atoms with Crippen molar-refractivity contribution in [3.05, 3.63) is 18.7 Å². The van der Waals surface area contributed by atoms with Crippen LogP contribution in [-0.4, -0.2) is 11.5 Å². The van der Waals surface area contributed by atoms with Crippen LogP contribution in [0.15, 0.2) is 18.7 Å². The molecule has 0 atom stereocenters. The second kappa shape index (κ2) is 6.12. The number of aromatic nitrogens is 2. The summed E-state index contributed by atoms with van der Waals surface area (Å²) in [5.41, 5.74) is 0. The number of hydrogen-bond acceptors (Lipinski definition) is 1. The Balaban J connectivity index is 0.000000265. The van der Waals surface area contributed by atoms with Gasteiger partial charge in [0, 0.05) is 12.4 Å². The van der Waals surface area contributed by atoms with E-state index in [1.807, 2.05) is 17.8 Å². The van der Waals surface area contributed by atoms with Crippen LogP contribution in [0.5, 0.6) is 0 Å². The fourth-order valence-electron chi connectivity index (χ4n) is 0.792. The molecule has 0 aromatic carbocycles. The third-order valence-electron chi connectivity index (χ3n) is 1.51. The van der Waals surface area contributed by atoms with E-state index in [0.29, 0.717) is 0 Å². The van der Waals surface area contributed by atoms with E-state index in [9.17, 15) is 12.9 Å². The molecular weight excluding hydrogens is 206 g/mol. The predicted octanol–water partition coefficient (Wildman–Crippen LogP) is 1.69. The summed E-state index contributed by atoms with van der Waals surface area (Å²) in [7, 11) is 2.02. The SMILES string of the molecule is CCn1cc[n+](C)c1.N#CC[B-](F)(F)F. The molecule has 0 spiro atoms. The smallest absolute Gasteiger partial charge is 0.448 e. The van der Waals surface area contributed by atoms with Gasteiger partial charge in [-0.3, -0.25) is 0 Å². The largest absolute Gasteiger partial charge is 0.492 e. The molecule has 0 fully saturated rings. The van der Waals surface area contributed by atoms with E-state index in [4.69, 9.17) is 5.26 Å². The van der Waals surface area contributed by atoms with Crippen LogP contribution in [0, 0.1) is 11.3 Å². The van der Waals surface area contributed by atoms with Gasteiger partial charge in [0.1, 0.15) is 12.4 Å². The minimum absolute atomic E-state index is 1.01. The summed E-state index contributed by atoms with van der Waals surface area (Å²) >= 11 is 0. The molecule has 7 heteroatoms. The fraction of sp³-hybridized carbons (Fsp3) is 0.500. The second-order valence-electron chi connectivity index (χ2n) is 2.98. The van der Waals surface area contributed by atoms with E-state index in [2.05, 4.69) is 24.0 Å². The maximum Gasteiger partial charge on any atom is 0.492 e. The molecule has 0 radical (unpaired) electrons. The molecule has 0 saturated carbocycles. The fourth-order valence-corrected chi connectivity index (χ4v) is 0.792. The highest BCUT2D eigenvalue weighted by Crippen LogP contribution is 2.12. The molecule has 0 amide bonds. The summed E-state index contributed by atoms with van der Waals surface area (Å²) in [6.07, 6.45) is 4.85. The zero-order chi connectivity index (χ0) is 11.9. The minimum atomic E-state index is -4.85. The molecule has 1 heterocycles. The summed E-state index contributed by atoms with van der Waals surface area (Å²) in [5, 5.41) is 7.45. The Morgan fingerprint density at radius 3 is 2.20 bits per heavy atom. The lowest BCUT2D eigenvalue weighted by molar-refractivity contribution is -0.671. The number of halogens is 3. The third kappa shape index (κ3) is 7.61. The lowest BCUT2D eigenvalue weighted by atomic mass is 9.88. The van der Waals surface area contributed by atoms with E-state index < -0.39 is 13.3 Å². The topological polar surface area (TPSA) is 32.6 Å². The molecule has 0 aliphatic heterocycles. The molecule has 0 aliphatic carbocycles. The van der Waals surface area contributed by atoms with Crippen molar-refractivity contribution in [2.75, 3.05) is 0 Å². The molecule has 0 aliphatic rings. The van der Waals surface area contributed by atoms with Gasteiger partial charge < -0.3 is 12.9 Å². The molecule has 0 bridgehead atoms. The Hall–Kier alpha value is -1.45. The van der Waals surface area contributed by atoms with Crippen LogP contribution in [0.4, 0.5) is 12.9 Å². The molecule has 15 heavy (non-hydrogen) atoms. The maximum absolute atomic E-state index is 10.9. The van der Waals surface area contributed by atoms with E-state index in [0.717, 1.165) is 12.6 Å². The number of hydrogen-bond donors (Lipinski definition) is 0. The summed E-state index contributed by atoms with van der Waals surface area (Å²) in [6, 6.07) is 1.01. The van der Waals surface area contributed by atoms with Crippen LogP contribution in [-0.2, 0) is 13.6 Å². The Morgan fingerprint density at radius 2 is 2.07 bits per heavy atom. The number of rotatable bonds is 2. The van der Waals surface area contributed by atoms with E-state index in [1.54, 1.807) is 0 Å². The van der Waals surface area contributed by atoms with Crippen LogP contribution in [0.25, 0.3) is 0 Å². The molecule has 0 unspecified atom stereocenters. The number of nitrogens with zero attached hydrogens (tertiary/aromatic N) is 3. The van der Waals surface area contributed by atoms with Crippen molar-refractivity contribution in [2.24, 2.45) is 7.05 Å². The molecule has 0 saturated heterocycles. The Morgan fingerprint density at radius 1 is 1.47 bits per heavy atom. The first-order valence-electron chi connectivity index (χ1n) is 4.48. The second-order valence-corrected chi connectivity index (χ2v) is 2.98. The standard InChI is InChI=1S/C6H11N2.C2H2BF3N/c1-3-8-5-4-7(2)6-8;4-3(5,6)1-2-7/h4-6H,3H2,1-2H3;1H2/q+1;-1. The number of nitriles is 1. The van der Waals surface area contributed by atoms with E-state index in [-0.39, 0.29) is 0 Å². The van der Waals surface area contributed by atoms with E-state index in [1.165, 1.54) is 0 Å². The van der Waals surface area contributed by atoms with E-state index >= 15 is 0 Å². The average Bonchev–Trinajstić information content (AvgIpc) is 2.50. The van der Waals surface area contributed by atoms with Crippen molar-refractivity contribution in [3.63, 3.8) is 0 Å². The van der Waals surface area contributed by atoms with Gasteiger partial charge in [0.2, 0.25) is 6.33 Å². The van der Waals surface area contributed by atoms with Gasteiger partial charge in [-0.2, -0.15) is 0 Å². The molecular formula is C8H13BF3N3. The lowest BCUT2D eigenvalue weighted by Gasteiger charge is -2.04. The van der Waals surface area contributed by atoms with Gasteiger partial charge in [0.25, 0.3) is 0 Å². The molecule has 1 rings (SSSR count). The number of aryl methyl sites for hydroxylation is 2. The minimum Gasteiger partial charge on any atom is -0.448 e. The summed E-state index contributed by atoms with van der Waals surface area (Å²) in [4.78, 5) is 0. The van der Waals surface area contributed by atoms with Crippen molar-refractivity contribution in [3.8, 4) is 6.07 Å². The monoisotopic (exact) mass is 219 g/mol. The van der Waals surface area contributed by atoms with Crippen LogP contribution < -0.4 is 4.57 Å². The highest BCUT2D eigenvalue weighted by atomic mass is 19.4. The molecule has 1 aromatic heterocycles. The molecule has 3 nitrogen and oxygen atoms in total. The van der Waals surface area contributed by atoms with Gasteiger partial charge in [-0.15, -0.1) is 0 Å². The predicted molar refractivity (Wildman–Crippen MR) is 50.8 cm³/mol. The molecule has 84 valence electrons. The summed E-state index contributed by atoms with van der Waals surface area (Å²) in [5.74, 6) is 0. The quantitative estimate of drug-likeness (QED) is 0.550. The van der Waals surface area contributed by atoms with Gasteiger partial charge in [-0.1, -0.05) is 0 Å². The van der Waals surface area contributed by atoms with Crippen LogP contribution in [0.2, 0.25) is 6.32 Å². The zero-order valence-electron chi connectivity index (χ0n) is 8.70. The molecule has 1 aromatic rings. The molecule has 0 N–H and O–H groups in total. The van der Waals surface area contributed by atoms with Crippen molar-refractivity contribution in [2.45, 2.75) is 19.8 Å². The summed E-state index contributed by atoms with van der Waals surface area (Å²) in [6.45, 7) is -1.67. The van der Waals surface area contributed by atoms with Crippen LogP contribution in [0.1, 0.15) is 6.92 Å². The average molecular weight is 219 g/mol. The highest BCUT2D eigenvalue weighted by Gasteiger charge is 2.21.